The third-order valence-electron chi connectivity index (χ3n) is 6.45. The molecule has 9 heteroatoms. The number of carbonyl (C=O) groups is 1. The number of methoxy groups -OCH3 is 1. The summed E-state index contributed by atoms with van der Waals surface area (Å²) in [5, 5.41) is 7.42. The molecule has 2 aromatic rings. The van der Waals surface area contributed by atoms with Gasteiger partial charge in [0, 0.05) is 24.5 Å². The standard InChI is InChI=1S/C23H33N7O2/c1-14-7-8-16-15(11-14)19(28-17-5-3-4-6-18(17)29-22(24)25)30-20(27-16)21(31)26-12-23(9-10-23)13-32-2/h7-8,11,17-18H,3-6,9-10,12-13H2,1-2H3,(H,26,31)(H4,24,25,29)(H,27,28,30)/t17-,18+/m0/s1. The summed E-state index contributed by atoms with van der Waals surface area (Å²) in [5.41, 5.74) is 13.2. The molecule has 9 nitrogen and oxygen atoms in total. The van der Waals surface area contributed by atoms with Gasteiger partial charge in [0.25, 0.3) is 5.91 Å². The lowest BCUT2D eigenvalue weighted by Crippen LogP contribution is -2.39. The van der Waals surface area contributed by atoms with Gasteiger partial charge in [-0.1, -0.05) is 24.5 Å². The number of nitrogens with two attached hydrogens (primary N) is 2. The fourth-order valence-corrected chi connectivity index (χ4v) is 4.46. The molecular weight excluding hydrogens is 406 g/mol. The van der Waals surface area contributed by atoms with Crippen molar-refractivity contribution in [2.24, 2.45) is 21.9 Å². The lowest BCUT2D eigenvalue weighted by molar-refractivity contribution is 0.0909. The summed E-state index contributed by atoms with van der Waals surface area (Å²) in [7, 11) is 1.69. The molecule has 6 N–H and O–H groups in total. The highest BCUT2D eigenvalue weighted by Crippen LogP contribution is 2.45. The molecule has 1 heterocycles. The van der Waals surface area contributed by atoms with E-state index >= 15 is 0 Å². The summed E-state index contributed by atoms with van der Waals surface area (Å²) < 4.78 is 5.30. The third kappa shape index (κ3) is 5.09. The van der Waals surface area contributed by atoms with Crippen LogP contribution in [0, 0.1) is 12.3 Å². The monoisotopic (exact) mass is 439 g/mol. The van der Waals surface area contributed by atoms with Crippen LogP contribution in [0.4, 0.5) is 5.82 Å². The maximum absolute atomic E-state index is 12.9. The average molecular weight is 440 g/mol. The topological polar surface area (TPSA) is 141 Å². The van der Waals surface area contributed by atoms with Gasteiger partial charge in [0.1, 0.15) is 5.82 Å². The smallest absolute Gasteiger partial charge is 0.289 e. The average Bonchev–Trinajstić information content (AvgIpc) is 3.53. The molecule has 1 aromatic carbocycles. The van der Waals surface area contributed by atoms with Crippen LogP contribution in [0.3, 0.4) is 0 Å². The molecule has 0 radical (unpaired) electrons. The van der Waals surface area contributed by atoms with E-state index in [0.29, 0.717) is 19.0 Å². The molecule has 172 valence electrons. The Bertz CT molecular complexity index is 1010. The number of nitrogens with zero attached hydrogens (tertiary/aromatic N) is 3. The van der Waals surface area contributed by atoms with E-state index in [1.54, 1.807) is 7.11 Å². The van der Waals surface area contributed by atoms with E-state index in [-0.39, 0.29) is 35.2 Å². The summed E-state index contributed by atoms with van der Waals surface area (Å²) in [6.45, 7) is 3.23. The number of guanidine groups is 1. The minimum Gasteiger partial charge on any atom is -0.384 e. The van der Waals surface area contributed by atoms with E-state index in [9.17, 15) is 4.79 Å². The predicted molar refractivity (Wildman–Crippen MR) is 126 cm³/mol. The number of hydrogen-bond acceptors (Lipinski definition) is 6. The van der Waals surface area contributed by atoms with Crippen LogP contribution in [0.15, 0.2) is 23.2 Å². The van der Waals surface area contributed by atoms with E-state index in [0.717, 1.165) is 55.0 Å². The van der Waals surface area contributed by atoms with Gasteiger partial charge in [0.15, 0.2) is 5.96 Å². The number of rotatable bonds is 8. The Labute approximate surface area is 188 Å². The molecule has 2 fully saturated rings. The van der Waals surface area contributed by atoms with Crippen LogP contribution < -0.4 is 22.1 Å². The summed E-state index contributed by atoms with van der Waals surface area (Å²) >= 11 is 0. The van der Waals surface area contributed by atoms with Crippen molar-refractivity contribution in [1.29, 1.82) is 0 Å². The Morgan fingerprint density at radius 2 is 2.03 bits per heavy atom. The summed E-state index contributed by atoms with van der Waals surface area (Å²) in [6, 6.07) is 5.97. The molecule has 32 heavy (non-hydrogen) atoms. The molecule has 2 aliphatic rings. The van der Waals surface area contributed by atoms with Crippen molar-refractivity contribution < 1.29 is 9.53 Å². The highest BCUT2D eigenvalue weighted by molar-refractivity contribution is 5.96. The number of amides is 1. The van der Waals surface area contributed by atoms with E-state index in [2.05, 4.69) is 25.6 Å². The highest BCUT2D eigenvalue weighted by atomic mass is 16.5. The summed E-state index contributed by atoms with van der Waals surface area (Å²) in [5.74, 6) is 0.621. The number of anilines is 1. The van der Waals surface area contributed by atoms with Crippen molar-refractivity contribution in [3.8, 4) is 0 Å². The first-order chi connectivity index (χ1) is 15.4. The fourth-order valence-electron chi connectivity index (χ4n) is 4.46. The van der Waals surface area contributed by atoms with E-state index in [1.165, 1.54) is 0 Å². The number of aromatic nitrogens is 2. The highest BCUT2D eigenvalue weighted by Gasteiger charge is 2.43. The van der Waals surface area contributed by atoms with Crippen LogP contribution in [0.2, 0.25) is 0 Å². The van der Waals surface area contributed by atoms with Crippen LogP contribution in [0.25, 0.3) is 10.9 Å². The Balaban J connectivity index is 1.61. The summed E-state index contributed by atoms with van der Waals surface area (Å²) in [6.07, 6.45) is 6.12. The molecule has 0 bridgehead atoms. The molecular formula is C23H33N7O2. The second-order valence-electron chi connectivity index (χ2n) is 9.19. The van der Waals surface area contributed by atoms with Crippen LogP contribution >= 0.6 is 0 Å². The normalized spacial score (nSPS) is 21.7. The number of benzene rings is 1. The first-order valence-electron chi connectivity index (χ1n) is 11.3. The molecule has 0 spiro atoms. The van der Waals surface area contributed by atoms with Gasteiger partial charge in [-0.2, -0.15) is 0 Å². The maximum atomic E-state index is 12.9. The zero-order chi connectivity index (χ0) is 22.7. The van der Waals surface area contributed by atoms with Crippen molar-refractivity contribution in [3.63, 3.8) is 0 Å². The second kappa shape index (κ2) is 9.28. The van der Waals surface area contributed by atoms with Crippen LogP contribution in [0.5, 0.6) is 0 Å². The molecule has 1 amide bonds. The Morgan fingerprint density at radius 3 is 2.75 bits per heavy atom. The van der Waals surface area contributed by atoms with Crippen LogP contribution in [-0.2, 0) is 4.74 Å². The van der Waals surface area contributed by atoms with Gasteiger partial charge in [0.2, 0.25) is 5.82 Å². The fraction of sp³-hybridized carbons (Fsp3) is 0.565. The van der Waals surface area contributed by atoms with Crippen molar-refractivity contribution in [2.45, 2.75) is 57.5 Å². The van der Waals surface area contributed by atoms with Crippen molar-refractivity contribution in [3.05, 3.63) is 29.6 Å². The minimum absolute atomic E-state index is 0.0235. The number of aliphatic imine (C=N–C) groups is 1. The molecule has 1 aromatic heterocycles. The van der Waals surface area contributed by atoms with E-state index < -0.39 is 0 Å². The van der Waals surface area contributed by atoms with E-state index in [4.69, 9.17) is 16.2 Å². The van der Waals surface area contributed by atoms with Crippen molar-refractivity contribution >= 4 is 28.6 Å². The first-order valence-corrected chi connectivity index (χ1v) is 11.3. The number of fused-ring (bicyclic) bond motifs is 1. The van der Waals surface area contributed by atoms with E-state index in [1.807, 2.05) is 25.1 Å². The molecule has 0 unspecified atom stereocenters. The number of nitrogens with one attached hydrogen (secondary N) is 2. The van der Waals surface area contributed by atoms with Gasteiger partial charge in [-0.25, -0.2) is 15.0 Å². The van der Waals surface area contributed by atoms with Crippen molar-refractivity contribution in [1.82, 2.24) is 15.3 Å². The summed E-state index contributed by atoms with van der Waals surface area (Å²) in [4.78, 5) is 26.5. The van der Waals surface area contributed by atoms with Gasteiger partial charge in [-0.15, -0.1) is 0 Å². The van der Waals surface area contributed by atoms with Crippen LogP contribution in [0.1, 0.15) is 54.7 Å². The van der Waals surface area contributed by atoms with Gasteiger partial charge < -0.3 is 26.8 Å². The molecule has 2 atom stereocenters. The lowest BCUT2D eigenvalue weighted by Gasteiger charge is -2.30. The zero-order valence-corrected chi connectivity index (χ0v) is 18.9. The maximum Gasteiger partial charge on any atom is 0.289 e. The molecule has 2 aliphatic carbocycles. The van der Waals surface area contributed by atoms with Gasteiger partial charge >= 0.3 is 0 Å². The molecule has 0 saturated heterocycles. The van der Waals surface area contributed by atoms with Crippen molar-refractivity contribution in [2.75, 3.05) is 25.6 Å². The third-order valence-corrected chi connectivity index (χ3v) is 6.45. The molecule has 2 saturated carbocycles. The number of aryl methyl sites for hydroxylation is 1. The minimum atomic E-state index is -0.276. The SMILES string of the molecule is COCC1(CNC(=O)c2nc(N[C@H]3CCCC[C@H]3N=C(N)N)c3cc(C)ccc3n2)CC1. The number of ether oxygens (including phenoxy) is 1. The largest absolute Gasteiger partial charge is 0.384 e. The van der Waals surface area contributed by atoms with Gasteiger partial charge in [-0.05, 0) is 44.7 Å². The van der Waals surface area contributed by atoms with Crippen LogP contribution in [-0.4, -0.2) is 54.2 Å². The number of carbonyl (C=O) groups excluding carboxylic acids is 1. The Morgan fingerprint density at radius 1 is 1.25 bits per heavy atom. The van der Waals surface area contributed by atoms with Gasteiger partial charge in [-0.3, -0.25) is 4.79 Å². The Kier molecular flexibility index (Phi) is 6.45. The zero-order valence-electron chi connectivity index (χ0n) is 18.9. The quantitative estimate of drug-likeness (QED) is 0.364. The molecule has 0 aliphatic heterocycles. The lowest BCUT2D eigenvalue weighted by atomic mass is 9.90. The second-order valence-corrected chi connectivity index (χ2v) is 9.19. The number of hydrogen-bond donors (Lipinski definition) is 4. The van der Waals surface area contributed by atoms with Gasteiger partial charge in [0.05, 0.1) is 24.2 Å². The Hall–Kier alpha value is -2.94. The predicted octanol–water partition coefficient (Wildman–Crippen LogP) is 2.09. The molecule has 4 rings (SSSR count). The first kappa shape index (κ1) is 22.3.